The first-order valence-corrected chi connectivity index (χ1v) is 11.1. The van der Waals surface area contributed by atoms with Crippen LogP contribution in [0.5, 0.6) is 0 Å². The Morgan fingerprint density at radius 1 is 0.875 bits per heavy atom. The number of carbonyl (C=O) groups is 1. The van der Waals surface area contributed by atoms with Crippen LogP contribution < -0.4 is 5.32 Å². The lowest BCUT2D eigenvalue weighted by atomic mass is 10.4. The molecule has 0 bridgehead atoms. The van der Waals surface area contributed by atoms with Gasteiger partial charge in [-0.05, 0) is 27.7 Å². The Balaban J connectivity index is 5.73. The van der Waals surface area contributed by atoms with E-state index in [-0.39, 0.29) is 33.2 Å². The van der Waals surface area contributed by atoms with Crippen LogP contribution in [0.2, 0.25) is 0 Å². The molecule has 0 atom stereocenters. The molecule has 0 saturated heterocycles. The van der Waals surface area contributed by atoms with Gasteiger partial charge in [0.2, 0.25) is 5.91 Å². The van der Waals surface area contributed by atoms with Gasteiger partial charge in [-0.3, -0.25) is 13.9 Å². The lowest BCUT2D eigenvalue weighted by molar-refractivity contribution is -0.122. The molecule has 24 heavy (non-hydrogen) atoms. The molecule has 1 amide bonds. The van der Waals surface area contributed by atoms with Gasteiger partial charge in [0, 0.05) is 7.11 Å². The van der Waals surface area contributed by atoms with E-state index >= 15 is 0 Å². The Bertz CT molecular complexity index is 409. The third-order valence-corrected chi connectivity index (χ3v) is 8.74. The van der Waals surface area contributed by atoms with Crippen LogP contribution in [0.1, 0.15) is 34.1 Å². The van der Waals surface area contributed by atoms with Crippen LogP contribution in [0.25, 0.3) is 0 Å². The average Bonchev–Trinajstić information content (AvgIpc) is 2.51. The Morgan fingerprint density at radius 3 is 1.54 bits per heavy atom. The highest BCUT2D eigenvalue weighted by atomic mass is 31.2. The van der Waals surface area contributed by atoms with E-state index in [4.69, 9.17) is 22.8 Å². The fourth-order valence-corrected chi connectivity index (χ4v) is 7.17. The molecule has 0 aliphatic heterocycles. The molecule has 1 N–H and O–H groups in total. The van der Waals surface area contributed by atoms with Gasteiger partial charge in [0.1, 0.15) is 6.73 Å². The lowest BCUT2D eigenvalue weighted by Crippen LogP contribution is -2.30. The summed E-state index contributed by atoms with van der Waals surface area (Å²) in [4.78, 5) is 12.1. The summed E-state index contributed by atoms with van der Waals surface area (Å²) in [5.74, 6) is -0.527. The van der Waals surface area contributed by atoms with E-state index in [0.717, 1.165) is 0 Å². The molecular formula is C13H29NO8P2. The summed E-state index contributed by atoms with van der Waals surface area (Å²) in [7, 11) is -6.41. The van der Waals surface area contributed by atoms with Crippen molar-refractivity contribution >= 4 is 21.1 Å². The smallest absolute Gasteiger partial charge is 0.346 e. The summed E-state index contributed by atoms with van der Waals surface area (Å²) in [6, 6.07) is 0. The summed E-state index contributed by atoms with van der Waals surface area (Å²) in [6.45, 7) is 6.71. The first kappa shape index (κ1) is 23.7. The molecule has 11 heteroatoms. The fraction of sp³-hybridized carbons (Fsp3) is 0.923. The summed E-state index contributed by atoms with van der Waals surface area (Å²) in [5.41, 5.74) is 0. The topological polar surface area (TPSA) is 109 Å². The van der Waals surface area contributed by atoms with Gasteiger partial charge in [0.15, 0.2) is 5.40 Å². The molecule has 0 aromatic carbocycles. The molecule has 0 heterocycles. The second-order valence-electron chi connectivity index (χ2n) is 4.47. The summed E-state index contributed by atoms with van der Waals surface area (Å²) < 4.78 is 52.1. The number of nitrogens with one attached hydrogen (secondary N) is 1. The predicted molar refractivity (Wildman–Crippen MR) is 90.1 cm³/mol. The van der Waals surface area contributed by atoms with E-state index in [2.05, 4.69) is 5.32 Å². The van der Waals surface area contributed by atoms with Crippen molar-refractivity contribution in [2.45, 2.75) is 39.5 Å². The SMILES string of the molecule is CCOP(=O)(OCC)C(CC(=O)NCOC)P(=O)(OCC)OCC. The number of hydrogen-bond acceptors (Lipinski definition) is 8. The van der Waals surface area contributed by atoms with E-state index in [1.54, 1.807) is 27.7 Å². The molecule has 0 spiro atoms. The Kier molecular flexibility index (Phi) is 12.0. The number of methoxy groups -OCH3 is 1. The molecule has 0 fully saturated rings. The second-order valence-corrected chi connectivity index (χ2v) is 9.31. The summed E-state index contributed by atoms with van der Waals surface area (Å²) >= 11 is 0. The predicted octanol–water partition coefficient (Wildman–Crippen LogP) is 2.95. The highest BCUT2D eigenvalue weighted by Gasteiger charge is 2.51. The van der Waals surface area contributed by atoms with Crippen molar-refractivity contribution in [3.63, 3.8) is 0 Å². The van der Waals surface area contributed by atoms with Gasteiger partial charge in [0.05, 0.1) is 32.8 Å². The van der Waals surface area contributed by atoms with Gasteiger partial charge in [-0.1, -0.05) is 0 Å². The Hall–Kier alpha value is -0.270. The molecule has 144 valence electrons. The number of rotatable bonds is 14. The highest BCUT2D eigenvalue weighted by Crippen LogP contribution is 2.71. The van der Waals surface area contributed by atoms with Gasteiger partial charge in [-0.2, -0.15) is 0 Å². The van der Waals surface area contributed by atoms with Crippen LogP contribution in [0, 0.1) is 0 Å². The van der Waals surface area contributed by atoms with Crippen LogP contribution in [0.4, 0.5) is 0 Å². The average molecular weight is 389 g/mol. The van der Waals surface area contributed by atoms with Crippen molar-refractivity contribution in [2.24, 2.45) is 0 Å². The van der Waals surface area contributed by atoms with Crippen LogP contribution in [-0.2, 0) is 36.8 Å². The van der Waals surface area contributed by atoms with E-state index in [1.165, 1.54) is 7.11 Å². The molecule has 0 aliphatic carbocycles. The molecule has 0 aromatic rings. The number of carbonyl (C=O) groups excluding carboxylic acids is 1. The first-order chi connectivity index (χ1) is 11.3. The first-order valence-electron chi connectivity index (χ1n) is 7.86. The van der Waals surface area contributed by atoms with Crippen LogP contribution >= 0.6 is 15.2 Å². The van der Waals surface area contributed by atoms with Crippen LogP contribution in [0.3, 0.4) is 0 Å². The second kappa shape index (κ2) is 12.1. The van der Waals surface area contributed by atoms with Gasteiger partial charge in [-0.25, -0.2) is 0 Å². The van der Waals surface area contributed by atoms with Crippen molar-refractivity contribution in [2.75, 3.05) is 40.3 Å². The van der Waals surface area contributed by atoms with E-state index in [9.17, 15) is 13.9 Å². The Morgan fingerprint density at radius 2 is 1.25 bits per heavy atom. The fourth-order valence-electron chi connectivity index (χ4n) is 1.93. The van der Waals surface area contributed by atoms with Gasteiger partial charge < -0.3 is 28.1 Å². The molecular weight excluding hydrogens is 360 g/mol. The van der Waals surface area contributed by atoms with Crippen molar-refractivity contribution < 1.29 is 36.8 Å². The minimum atomic E-state index is -3.91. The third kappa shape index (κ3) is 7.31. The monoisotopic (exact) mass is 389 g/mol. The molecule has 0 aliphatic rings. The molecule has 0 aromatic heterocycles. The summed E-state index contributed by atoms with van der Waals surface area (Å²) in [5, 5.41) is 1.09. The lowest BCUT2D eigenvalue weighted by Gasteiger charge is -2.30. The minimum absolute atomic E-state index is 0.0350. The number of ether oxygens (including phenoxy) is 1. The largest absolute Gasteiger partial charge is 0.364 e. The van der Waals surface area contributed by atoms with Crippen LogP contribution in [-0.4, -0.2) is 51.6 Å². The maximum Gasteiger partial charge on any atom is 0.346 e. The van der Waals surface area contributed by atoms with Crippen LogP contribution in [0.15, 0.2) is 0 Å². The Labute approximate surface area is 143 Å². The molecule has 0 rings (SSSR count). The van der Waals surface area contributed by atoms with Gasteiger partial charge in [-0.15, -0.1) is 0 Å². The number of hydrogen-bond donors (Lipinski definition) is 1. The van der Waals surface area contributed by atoms with Gasteiger partial charge >= 0.3 is 15.2 Å². The van der Waals surface area contributed by atoms with E-state index in [1.807, 2.05) is 0 Å². The highest BCUT2D eigenvalue weighted by molar-refractivity contribution is 7.72. The maximum atomic E-state index is 13.1. The van der Waals surface area contributed by atoms with Crippen molar-refractivity contribution in [1.29, 1.82) is 0 Å². The van der Waals surface area contributed by atoms with Crippen molar-refractivity contribution in [3.8, 4) is 0 Å². The minimum Gasteiger partial charge on any atom is -0.364 e. The quantitative estimate of drug-likeness (QED) is 0.357. The van der Waals surface area contributed by atoms with Crippen molar-refractivity contribution in [3.05, 3.63) is 0 Å². The molecule has 0 saturated carbocycles. The van der Waals surface area contributed by atoms with Crippen molar-refractivity contribution in [1.82, 2.24) is 5.32 Å². The maximum absolute atomic E-state index is 13.1. The summed E-state index contributed by atoms with van der Waals surface area (Å²) in [6.07, 6.45) is -0.405. The van der Waals surface area contributed by atoms with E-state index in [0.29, 0.717) is 0 Å². The zero-order valence-corrected chi connectivity index (χ0v) is 16.8. The normalized spacial score (nSPS) is 12.6. The molecule has 0 unspecified atom stereocenters. The zero-order chi connectivity index (χ0) is 18.6. The standard InChI is InChI=1S/C13H29NO8P2/c1-6-19-23(16,20-7-2)13(10-12(15)14-11-18-5)24(17,21-8-3)22-9-4/h13H,6-11H2,1-5H3,(H,14,15). The van der Waals surface area contributed by atoms with Gasteiger partial charge in [0.25, 0.3) is 0 Å². The molecule has 0 radical (unpaired) electrons. The molecule has 9 nitrogen and oxygen atoms in total. The third-order valence-electron chi connectivity index (χ3n) is 2.75. The van der Waals surface area contributed by atoms with E-state index < -0.39 is 32.9 Å². The zero-order valence-electron chi connectivity index (χ0n) is 15.0. The number of amides is 1.